The Kier molecular flexibility index (Phi) is 7.67. The third-order valence-electron chi connectivity index (χ3n) is 11.6. The number of para-hydroxylation sites is 2. The van der Waals surface area contributed by atoms with Crippen LogP contribution in [-0.4, -0.2) is 19.5 Å². The van der Waals surface area contributed by atoms with Gasteiger partial charge >= 0.3 is 0 Å². The topological polar surface area (TPSA) is 43.6 Å². The first-order chi connectivity index (χ1) is 32.4. The highest BCUT2D eigenvalue weighted by molar-refractivity contribution is 7.25. The number of benzene rings is 9. The minimum absolute atomic E-state index is 0.0656. The molecule has 0 bridgehead atoms. The van der Waals surface area contributed by atoms with Gasteiger partial charge in [-0.15, -0.1) is 11.3 Å². The number of nitrogens with zero attached hydrogens (tertiary/aromatic N) is 4. The third-order valence-corrected chi connectivity index (χ3v) is 12.7. The first kappa shape index (κ1) is 31.9. The van der Waals surface area contributed by atoms with Gasteiger partial charge in [-0.3, -0.25) is 0 Å². The molecule has 0 radical (unpaired) electrons. The molecule has 0 amide bonds. The van der Waals surface area contributed by atoms with Gasteiger partial charge in [0.05, 0.1) is 16.5 Å². The van der Waals surface area contributed by atoms with E-state index in [0.717, 1.165) is 66.7 Å². The lowest BCUT2D eigenvalue weighted by Gasteiger charge is -2.14. The van der Waals surface area contributed by atoms with Crippen molar-refractivity contribution in [3.05, 3.63) is 218 Å². The molecule has 5 heteroatoms. The maximum atomic E-state index is 9.30. The SMILES string of the molecule is [2H]c1c([2H])c([2H])c2c(c1[2H])c1cccc(-c3cccc(-c4ccccc4)c3)c1n2-c1cccc(-c2cccc(-c3nc(-c4ccccc4)nc(-c4ccc5c(c4)sc4ccccc45)n3)c2)c1. The van der Waals surface area contributed by atoms with Gasteiger partial charge in [0.1, 0.15) is 0 Å². The number of aromatic nitrogens is 4. The number of rotatable bonds is 7. The normalized spacial score (nSPS) is 12.5. The molecule has 0 aliphatic rings. The molecule has 0 N–H and O–H groups in total. The molecule has 12 rings (SSSR count). The number of hydrogen-bond donors (Lipinski definition) is 0. The highest BCUT2D eigenvalue weighted by Crippen LogP contribution is 2.41. The Morgan fingerprint density at radius 1 is 0.371 bits per heavy atom. The van der Waals surface area contributed by atoms with Crippen LogP contribution in [0, 0.1) is 0 Å². The molecule has 3 aromatic heterocycles. The molecule has 290 valence electrons. The first-order valence-corrected chi connectivity index (χ1v) is 21.3. The molecule has 0 saturated heterocycles. The van der Waals surface area contributed by atoms with Gasteiger partial charge in [-0.25, -0.2) is 15.0 Å². The molecule has 4 nitrogen and oxygen atoms in total. The Morgan fingerprint density at radius 2 is 0.919 bits per heavy atom. The number of thiophene rings is 1. The van der Waals surface area contributed by atoms with Gasteiger partial charge in [-0.05, 0) is 70.3 Å². The summed E-state index contributed by atoms with van der Waals surface area (Å²) >= 11 is 1.76. The zero-order valence-corrected chi connectivity index (χ0v) is 34.0. The lowest BCUT2D eigenvalue weighted by Crippen LogP contribution is -2.00. The highest BCUT2D eigenvalue weighted by atomic mass is 32.1. The predicted molar refractivity (Wildman–Crippen MR) is 260 cm³/mol. The van der Waals surface area contributed by atoms with Crippen LogP contribution in [0.1, 0.15) is 5.48 Å². The lowest BCUT2D eigenvalue weighted by atomic mass is 9.97. The molecule has 0 saturated carbocycles. The van der Waals surface area contributed by atoms with Crippen molar-refractivity contribution in [1.82, 2.24) is 19.5 Å². The molecule has 0 spiro atoms. The van der Waals surface area contributed by atoms with Crippen molar-refractivity contribution in [2.45, 2.75) is 0 Å². The van der Waals surface area contributed by atoms with Crippen molar-refractivity contribution in [3.63, 3.8) is 0 Å². The summed E-state index contributed by atoms with van der Waals surface area (Å²) in [6.45, 7) is 0. The van der Waals surface area contributed by atoms with E-state index in [1.165, 1.54) is 20.2 Å². The fourth-order valence-corrected chi connectivity index (χ4v) is 9.78. The molecule has 0 atom stereocenters. The lowest BCUT2D eigenvalue weighted by molar-refractivity contribution is 1.07. The van der Waals surface area contributed by atoms with E-state index in [1.807, 2.05) is 89.5 Å². The zero-order chi connectivity index (χ0) is 44.5. The molecule has 12 aromatic rings. The van der Waals surface area contributed by atoms with Gasteiger partial charge in [-0.1, -0.05) is 176 Å². The monoisotopic (exact) mass is 812 g/mol. The summed E-state index contributed by atoms with van der Waals surface area (Å²) in [5.41, 5.74) is 10.5. The van der Waals surface area contributed by atoms with Crippen LogP contribution in [0.15, 0.2) is 218 Å². The Hall–Kier alpha value is -7.99. The molecule has 0 fully saturated rings. The molecule has 0 aliphatic heterocycles. The van der Waals surface area contributed by atoms with E-state index >= 15 is 0 Å². The van der Waals surface area contributed by atoms with Crippen molar-refractivity contribution in [1.29, 1.82) is 0 Å². The van der Waals surface area contributed by atoms with E-state index in [0.29, 0.717) is 28.4 Å². The van der Waals surface area contributed by atoms with Crippen LogP contribution in [0.4, 0.5) is 0 Å². The highest BCUT2D eigenvalue weighted by Gasteiger charge is 2.18. The summed E-state index contributed by atoms with van der Waals surface area (Å²) in [6, 6.07) is 65.2. The molecule has 9 aromatic carbocycles. The summed E-state index contributed by atoms with van der Waals surface area (Å²) in [4.78, 5) is 15.2. The Balaban J connectivity index is 1.01. The van der Waals surface area contributed by atoms with E-state index in [2.05, 4.69) is 109 Å². The average molecular weight is 813 g/mol. The predicted octanol–water partition coefficient (Wildman–Crippen LogP) is 15.3. The Bertz CT molecular complexity index is 3880. The van der Waals surface area contributed by atoms with Crippen LogP contribution in [0.5, 0.6) is 0 Å². The van der Waals surface area contributed by atoms with Gasteiger partial charge in [0.25, 0.3) is 0 Å². The molecule has 3 heterocycles. The van der Waals surface area contributed by atoms with Crippen LogP contribution in [0.2, 0.25) is 0 Å². The van der Waals surface area contributed by atoms with Crippen LogP contribution in [0.3, 0.4) is 0 Å². The smallest absolute Gasteiger partial charge is 0.164 e. The minimum atomic E-state index is -0.275. The van der Waals surface area contributed by atoms with Gasteiger partial charge in [-0.2, -0.15) is 0 Å². The minimum Gasteiger partial charge on any atom is -0.309 e. The van der Waals surface area contributed by atoms with Crippen LogP contribution >= 0.6 is 11.3 Å². The fraction of sp³-hybridized carbons (Fsp3) is 0. The van der Waals surface area contributed by atoms with Gasteiger partial charge in [0.15, 0.2) is 17.5 Å². The summed E-state index contributed by atoms with van der Waals surface area (Å²) in [5, 5.41) is 3.68. The van der Waals surface area contributed by atoms with E-state index in [-0.39, 0.29) is 24.2 Å². The quantitative estimate of drug-likeness (QED) is 0.161. The first-order valence-electron chi connectivity index (χ1n) is 22.5. The summed E-state index contributed by atoms with van der Waals surface area (Å²) < 4.78 is 40.4. The summed E-state index contributed by atoms with van der Waals surface area (Å²) in [5.74, 6) is 1.72. The summed E-state index contributed by atoms with van der Waals surface area (Å²) in [7, 11) is 0. The molecule has 62 heavy (non-hydrogen) atoms. The number of fused-ring (bicyclic) bond motifs is 6. The third kappa shape index (κ3) is 6.26. The molecular formula is C57H36N4S. The molecular weight excluding hydrogens is 773 g/mol. The van der Waals surface area contributed by atoms with Crippen molar-refractivity contribution in [3.8, 4) is 73.2 Å². The van der Waals surface area contributed by atoms with Crippen molar-refractivity contribution in [2.24, 2.45) is 0 Å². The van der Waals surface area contributed by atoms with E-state index < -0.39 is 0 Å². The van der Waals surface area contributed by atoms with Crippen LogP contribution in [0.25, 0.3) is 115 Å². The fourth-order valence-electron chi connectivity index (χ4n) is 8.63. The maximum Gasteiger partial charge on any atom is 0.164 e. The zero-order valence-electron chi connectivity index (χ0n) is 37.2. The van der Waals surface area contributed by atoms with E-state index in [9.17, 15) is 1.37 Å². The van der Waals surface area contributed by atoms with Crippen molar-refractivity contribution in [2.75, 3.05) is 0 Å². The van der Waals surface area contributed by atoms with Crippen LogP contribution < -0.4 is 0 Å². The second kappa shape index (κ2) is 14.9. The number of hydrogen-bond acceptors (Lipinski definition) is 4. The van der Waals surface area contributed by atoms with Gasteiger partial charge in [0.2, 0.25) is 0 Å². The largest absolute Gasteiger partial charge is 0.309 e. The maximum absolute atomic E-state index is 9.30. The molecule has 0 unspecified atom stereocenters. The van der Waals surface area contributed by atoms with Crippen molar-refractivity contribution >= 4 is 53.3 Å². The van der Waals surface area contributed by atoms with E-state index in [1.54, 1.807) is 11.3 Å². The Morgan fingerprint density at radius 3 is 1.73 bits per heavy atom. The second-order valence-electron chi connectivity index (χ2n) is 15.3. The Labute approximate surface area is 368 Å². The van der Waals surface area contributed by atoms with Crippen molar-refractivity contribution < 1.29 is 5.48 Å². The summed E-state index contributed by atoms with van der Waals surface area (Å²) in [6.07, 6.45) is 0. The second-order valence-corrected chi connectivity index (χ2v) is 16.4. The molecule has 0 aliphatic carbocycles. The average Bonchev–Trinajstić information content (AvgIpc) is 3.94. The van der Waals surface area contributed by atoms with Gasteiger partial charge in [0, 0.05) is 58.9 Å². The van der Waals surface area contributed by atoms with E-state index in [4.69, 9.17) is 19.1 Å². The van der Waals surface area contributed by atoms with Gasteiger partial charge < -0.3 is 4.57 Å². The standard InChI is InChI=1S/C57H36N4S/c1-3-15-37(16-4-1)39-19-11-22-42(33-39)46-27-14-28-50-47-25-7-9-29-51(47)61(54(46)50)45-24-13-21-41(35-45)40-20-12-23-43(34-40)56-58-55(38-17-5-2-6-18-38)59-57(60-56)44-31-32-49-48-26-8-10-30-52(48)62-53(49)36-44/h1-36H/i7D,9D,25D,29D. The van der Waals surface area contributed by atoms with Crippen LogP contribution in [-0.2, 0) is 0 Å².